The van der Waals surface area contributed by atoms with Crippen molar-refractivity contribution in [1.82, 2.24) is 4.90 Å². The lowest BCUT2D eigenvalue weighted by atomic mass is 9.76. The van der Waals surface area contributed by atoms with Crippen molar-refractivity contribution in [3.8, 4) is 11.1 Å². The minimum absolute atomic E-state index is 0.149. The highest BCUT2D eigenvalue weighted by Gasteiger charge is 2.53. The highest BCUT2D eigenvalue weighted by molar-refractivity contribution is 5.84. The molecule has 39 heavy (non-hydrogen) atoms. The molecule has 4 aromatic rings. The van der Waals surface area contributed by atoms with E-state index in [9.17, 15) is 9.90 Å². The van der Waals surface area contributed by atoms with Crippen LogP contribution < -0.4 is 0 Å². The van der Waals surface area contributed by atoms with Gasteiger partial charge in [0, 0.05) is 19.1 Å². The summed E-state index contributed by atoms with van der Waals surface area (Å²) in [7, 11) is 0. The number of hydrogen-bond acceptors (Lipinski definition) is 4. The molecule has 2 atom stereocenters. The first-order chi connectivity index (χ1) is 18.8. The van der Waals surface area contributed by atoms with Crippen molar-refractivity contribution in [3.05, 3.63) is 131 Å². The molecule has 1 aliphatic carbocycles. The van der Waals surface area contributed by atoms with Gasteiger partial charge < -0.3 is 9.84 Å². The van der Waals surface area contributed by atoms with Gasteiger partial charge >= 0.3 is 5.97 Å². The first-order valence-corrected chi connectivity index (χ1v) is 13.7. The predicted molar refractivity (Wildman–Crippen MR) is 156 cm³/mol. The maximum Gasteiger partial charge on any atom is 0.324 e. The summed E-state index contributed by atoms with van der Waals surface area (Å²) in [5, 5.41) is 10.5. The third-order valence-corrected chi connectivity index (χ3v) is 7.55. The Balaban J connectivity index is 1.86. The van der Waals surface area contributed by atoms with Crippen LogP contribution in [0.2, 0.25) is 0 Å². The van der Waals surface area contributed by atoms with Crippen LogP contribution in [0.15, 0.2) is 109 Å². The number of rotatable bonds is 8. The number of carbonyl (C=O) groups excluding carboxylic acids is 1. The van der Waals surface area contributed by atoms with Crippen LogP contribution >= 0.6 is 0 Å². The Morgan fingerprint density at radius 3 is 1.79 bits per heavy atom. The van der Waals surface area contributed by atoms with Crippen LogP contribution in [0.25, 0.3) is 11.1 Å². The molecule has 0 spiro atoms. The molecule has 0 unspecified atom stereocenters. The van der Waals surface area contributed by atoms with Crippen molar-refractivity contribution in [2.24, 2.45) is 5.92 Å². The number of fused-ring (bicyclic) bond motifs is 3. The lowest BCUT2D eigenvalue weighted by Crippen LogP contribution is -2.58. The van der Waals surface area contributed by atoms with Crippen LogP contribution in [0, 0.1) is 5.92 Å². The number of benzene rings is 4. The molecule has 5 rings (SSSR count). The molecule has 4 nitrogen and oxygen atoms in total. The van der Waals surface area contributed by atoms with E-state index in [-0.39, 0.29) is 18.5 Å². The smallest absolute Gasteiger partial charge is 0.324 e. The van der Waals surface area contributed by atoms with Crippen LogP contribution in [0.3, 0.4) is 0 Å². The third kappa shape index (κ3) is 4.91. The molecule has 0 aromatic heterocycles. The largest absolute Gasteiger partial charge is 0.459 e. The molecule has 0 fully saturated rings. The monoisotopic (exact) mass is 519 g/mol. The summed E-state index contributed by atoms with van der Waals surface area (Å²) in [5.74, 6) is -0.721. The molecule has 1 N–H and O–H groups in total. The molecule has 0 aliphatic heterocycles. The van der Waals surface area contributed by atoms with E-state index >= 15 is 0 Å². The molecule has 0 saturated heterocycles. The van der Waals surface area contributed by atoms with Gasteiger partial charge in [-0.3, -0.25) is 9.69 Å². The maximum absolute atomic E-state index is 14.2. The lowest BCUT2D eigenvalue weighted by Gasteiger charge is -2.48. The number of carbonyl (C=O) groups is 1. The standard InChI is InChI=1S/C35H37NO3/c1-25(24-37)32(33(38)39-34(2,3)4)36(23-26-15-7-5-8-16-26)35(27-17-9-6-10-18-27)30-21-13-11-19-28(30)29-20-12-14-22-31(29)35/h5-22,25,32,37H,23-24H2,1-4H3/t25-,32-/m0/s1. The fourth-order valence-corrected chi connectivity index (χ4v) is 6.01. The highest BCUT2D eigenvalue weighted by atomic mass is 16.6. The summed E-state index contributed by atoms with van der Waals surface area (Å²) in [5.41, 5.74) is 5.21. The topological polar surface area (TPSA) is 49.8 Å². The van der Waals surface area contributed by atoms with Crippen molar-refractivity contribution < 1.29 is 14.6 Å². The van der Waals surface area contributed by atoms with Gasteiger partial charge in [-0.2, -0.15) is 0 Å². The summed E-state index contributed by atoms with van der Waals surface area (Å²) in [6.07, 6.45) is 0. The second-order valence-corrected chi connectivity index (χ2v) is 11.4. The van der Waals surface area contributed by atoms with Crippen molar-refractivity contribution in [2.45, 2.75) is 51.4 Å². The second-order valence-electron chi connectivity index (χ2n) is 11.4. The molecule has 4 aromatic carbocycles. The summed E-state index contributed by atoms with van der Waals surface area (Å²) in [6, 6.07) is 36.9. The van der Waals surface area contributed by atoms with Crippen LogP contribution in [0.5, 0.6) is 0 Å². The van der Waals surface area contributed by atoms with Gasteiger partial charge in [-0.25, -0.2) is 0 Å². The summed E-state index contributed by atoms with van der Waals surface area (Å²) < 4.78 is 6.07. The minimum atomic E-state index is -0.796. The Kier molecular flexibility index (Phi) is 7.44. The molecular formula is C35H37NO3. The second kappa shape index (κ2) is 10.8. The van der Waals surface area contributed by atoms with Gasteiger partial charge in [0.25, 0.3) is 0 Å². The SMILES string of the molecule is C[C@@H](CO)[C@@H](C(=O)OC(C)(C)C)N(Cc1ccccc1)C1(c2ccccc2)c2ccccc2-c2ccccc21. The van der Waals surface area contributed by atoms with Gasteiger partial charge in [0.2, 0.25) is 0 Å². The van der Waals surface area contributed by atoms with Crippen LogP contribution in [-0.2, 0) is 21.6 Å². The van der Waals surface area contributed by atoms with Crippen molar-refractivity contribution in [2.75, 3.05) is 6.61 Å². The zero-order chi connectivity index (χ0) is 27.6. The van der Waals surface area contributed by atoms with Gasteiger partial charge in [-0.1, -0.05) is 116 Å². The molecule has 0 amide bonds. The molecule has 0 heterocycles. The Morgan fingerprint density at radius 1 is 0.795 bits per heavy atom. The molecule has 0 radical (unpaired) electrons. The first kappa shape index (κ1) is 26.9. The van der Waals surface area contributed by atoms with E-state index in [0.717, 1.165) is 33.4 Å². The van der Waals surface area contributed by atoms with Crippen molar-refractivity contribution in [3.63, 3.8) is 0 Å². The quantitative estimate of drug-likeness (QED) is 0.260. The first-order valence-electron chi connectivity index (χ1n) is 13.7. The van der Waals surface area contributed by atoms with Crippen LogP contribution in [0.1, 0.15) is 49.9 Å². The molecule has 0 bridgehead atoms. The summed E-state index contributed by atoms with van der Waals surface area (Å²) in [6.45, 7) is 7.93. The Morgan fingerprint density at radius 2 is 1.28 bits per heavy atom. The van der Waals surface area contributed by atoms with Gasteiger partial charge in [0.1, 0.15) is 11.6 Å². The Labute approximate surface area is 231 Å². The Hall–Kier alpha value is -3.73. The fraction of sp³-hybridized carbons (Fsp3) is 0.286. The number of hydrogen-bond donors (Lipinski definition) is 1. The van der Waals surface area contributed by atoms with Gasteiger partial charge in [0.05, 0.1) is 5.54 Å². The molecular weight excluding hydrogens is 482 g/mol. The van der Waals surface area contributed by atoms with E-state index in [0.29, 0.717) is 6.54 Å². The molecule has 1 aliphatic rings. The van der Waals surface area contributed by atoms with Crippen molar-refractivity contribution in [1.29, 1.82) is 0 Å². The van der Waals surface area contributed by atoms with E-state index in [4.69, 9.17) is 4.74 Å². The number of ether oxygens (including phenoxy) is 1. The predicted octanol–water partition coefficient (Wildman–Crippen LogP) is 6.80. The molecule has 200 valence electrons. The van der Waals surface area contributed by atoms with E-state index in [1.54, 1.807) is 0 Å². The normalized spacial score (nSPS) is 15.3. The number of esters is 1. The van der Waals surface area contributed by atoms with E-state index < -0.39 is 17.2 Å². The van der Waals surface area contributed by atoms with Gasteiger partial charge in [0.15, 0.2) is 0 Å². The van der Waals surface area contributed by atoms with Gasteiger partial charge in [-0.05, 0) is 54.2 Å². The minimum Gasteiger partial charge on any atom is -0.459 e. The summed E-state index contributed by atoms with van der Waals surface area (Å²) in [4.78, 5) is 16.4. The number of aliphatic hydroxyl groups excluding tert-OH is 1. The Bertz CT molecular complexity index is 1380. The number of aliphatic hydroxyl groups is 1. The van der Waals surface area contributed by atoms with E-state index in [1.165, 1.54) is 0 Å². The average Bonchev–Trinajstić information content (AvgIpc) is 3.24. The fourth-order valence-electron chi connectivity index (χ4n) is 6.01. The zero-order valence-corrected chi connectivity index (χ0v) is 23.2. The maximum atomic E-state index is 14.2. The highest BCUT2D eigenvalue weighted by Crippen LogP contribution is 2.55. The van der Waals surface area contributed by atoms with Crippen LogP contribution in [0.4, 0.5) is 0 Å². The third-order valence-electron chi connectivity index (χ3n) is 7.55. The summed E-state index contributed by atoms with van der Waals surface area (Å²) >= 11 is 0. The molecule has 4 heteroatoms. The number of nitrogens with zero attached hydrogens (tertiary/aromatic N) is 1. The van der Waals surface area contributed by atoms with Crippen LogP contribution in [-0.4, -0.2) is 34.2 Å². The zero-order valence-electron chi connectivity index (χ0n) is 23.2. The molecule has 0 saturated carbocycles. The van der Waals surface area contributed by atoms with E-state index in [2.05, 4.69) is 89.8 Å². The average molecular weight is 520 g/mol. The van der Waals surface area contributed by atoms with E-state index in [1.807, 2.05) is 52.0 Å². The van der Waals surface area contributed by atoms with Crippen molar-refractivity contribution >= 4 is 5.97 Å². The van der Waals surface area contributed by atoms with Gasteiger partial charge in [-0.15, -0.1) is 0 Å². The lowest BCUT2D eigenvalue weighted by molar-refractivity contribution is -0.167.